The molecule has 28 heavy (non-hydrogen) atoms. The van der Waals surface area contributed by atoms with Crippen LogP contribution in [0.4, 0.5) is 0 Å². The first-order chi connectivity index (χ1) is 13.6. The van der Waals surface area contributed by atoms with E-state index in [-0.39, 0.29) is 0 Å². The highest BCUT2D eigenvalue weighted by atomic mass is 16.5. The number of hydrogen-bond acceptors (Lipinski definition) is 4. The van der Waals surface area contributed by atoms with Crippen molar-refractivity contribution in [2.45, 2.75) is 33.1 Å². The van der Waals surface area contributed by atoms with Crippen LogP contribution in [0.1, 0.15) is 30.9 Å². The Kier molecular flexibility index (Phi) is 10.1. The predicted molar refractivity (Wildman–Crippen MR) is 119 cm³/mol. The van der Waals surface area contributed by atoms with Crippen molar-refractivity contribution >= 4 is 5.96 Å². The van der Waals surface area contributed by atoms with E-state index in [1.807, 2.05) is 6.07 Å². The minimum Gasteiger partial charge on any atom is -0.496 e. The standard InChI is InChI=1S/C22H39N5O/c1-5-23-22(24-11-6-7-13-27-16-14-26(3)15-17-27)25-12-10-20-18-19(2)8-9-21(20)28-4/h8-9,18H,5-7,10-17H2,1-4H3,(H2,23,24,25). The maximum atomic E-state index is 5.47. The van der Waals surface area contributed by atoms with Crippen LogP contribution in [0.25, 0.3) is 0 Å². The topological polar surface area (TPSA) is 52.1 Å². The summed E-state index contributed by atoms with van der Waals surface area (Å²) in [6, 6.07) is 6.33. The molecule has 1 fully saturated rings. The summed E-state index contributed by atoms with van der Waals surface area (Å²) in [5, 5.41) is 6.80. The number of likely N-dealkylation sites (N-methyl/N-ethyl adjacent to an activating group) is 1. The molecule has 1 aromatic carbocycles. The van der Waals surface area contributed by atoms with Crippen LogP contribution < -0.4 is 15.4 Å². The minimum atomic E-state index is 0.840. The van der Waals surface area contributed by atoms with E-state index >= 15 is 0 Å². The summed E-state index contributed by atoms with van der Waals surface area (Å²) >= 11 is 0. The molecule has 0 aromatic heterocycles. The number of aryl methyl sites for hydroxylation is 1. The van der Waals surface area contributed by atoms with Crippen molar-refractivity contribution in [3.8, 4) is 5.75 Å². The predicted octanol–water partition coefficient (Wildman–Crippen LogP) is 2.13. The molecule has 1 saturated heterocycles. The fourth-order valence-corrected chi connectivity index (χ4v) is 3.47. The molecule has 0 bridgehead atoms. The van der Waals surface area contributed by atoms with Gasteiger partial charge in [-0.05, 0) is 58.3 Å². The van der Waals surface area contributed by atoms with E-state index in [0.29, 0.717) is 0 Å². The summed E-state index contributed by atoms with van der Waals surface area (Å²) in [5.74, 6) is 1.87. The molecule has 6 nitrogen and oxygen atoms in total. The maximum Gasteiger partial charge on any atom is 0.191 e. The van der Waals surface area contributed by atoms with Crippen molar-refractivity contribution in [1.29, 1.82) is 0 Å². The summed E-state index contributed by atoms with van der Waals surface area (Å²) in [7, 11) is 3.94. The third-order valence-corrected chi connectivity index (χ3v) is 5.22. The zero-order chi connectivity index (χ0) is 20.2. The van der Waals surface area contributed by atoms with Gasteiger partial charge in [-0.2, -0.15) is 0 Å². The van der Waals surface area contributed by atoms with Crippen molar-refractivity contribution in [1.82, 2.24) is 20.4 Å². The van der Waals surface area contributed by atoms with E-state index in [9.17, 15) is 0 Å². The number of rotatable bonds is 10. The van der Waals surface area contributed by atoms with Crippen LogP contribution in [-0.4, -0.2) is 82.3 Å². The van der Waals surface area contributed by atoms with Gasteiger partial charge in [0.25, 0.3) is 0 Å². The zero-order valence-electron chi connectivity index (χ0n) is 18.3. The molecule has 2 N–H and O–H groups in total. The lowest BCUT2D eigenvalue weighted by Gasteiger charge is -2.32. The number of nitrogens with one attached hydrogen (secondary N) is 2. The quantitative estimate of drug-likeness (QED) is 0.365. The van der Waals surface area contributed by atoms with Crippen molar-refractivity contribution in [3.63, 3.8) is 0 Å². The number of benzene rings is 1. The van der Waals surface area contributed by atoms with Gasteiger partial charge in [0, 0.05) is 45.8 Å². The normalized spacial score (nSPS) is 16.2. The second-order valence-electron chi connectivity index (χ2n) is 7.60. The van der Waals surface area contributed by atoms with Gasteiger partial charge in [0.1, 0.15) is 5.75 Å². The Balaban J connectivity index is 1.69. The summed E-state index contributed by atoms with van der Waals surface area (Å²) in [6.45, 7) is 12.8. The number of methoxy groups -OCH3 is 1. The van der Waals surface area contributed by atoms with Crippen LogP contribution in [0.5, 0.6) is 5.75 Å². The van der Waals surface area contributed by atoms with Crippen LogP contribution in [0, 0.1) is 6.92 Å². The van der Waals surface area contributed by atoms with Crippen LogP contribution >= 0.6 is 0 Å². The Morgan fingerprint density at radius 3 is 2.64 bits per heavy atom. The molecule has 0 unspecified atom stereocenters. The maximum absolute atomic E-state index is 5.47. The molecule has 0 atom stereocenters. The molecule has 0 radical (unpaired) electrons. The molecule has 1 aliphatic rings. The SMILES string of the molecule is CCNC(=NCCCCN1CCN(C)CC1)NCCc1cc(C)ccc1OC. The van der Waals surface area contributed by atoms with Gasteiger partial charge in [-0.1, -0.05) is 17.7 Å². The van der Waals surface area contributed by atoms with E-state index in [1.54, 1.807) is 7.11 Å². The van der Waals surface area contributed by atoms with Crippen molar-refractivity contribution < 1.29 is 4.74 Å². The van der Waals surface area contributed by atoms with Gasteiger partial charge >= 0.3 is 0 Å². The fourth-order valence-electron chi connectivity index (χ4n) is 3.47. The molecule has 1 heterocycles. The molecule has 6 heteroatoms. The molecule has 0 aliphatic carbocycles. The third kappa shape index (κ3) is 8.07. The average Bonchev–Trinajstić information content (AvgIpc) is 2.69. The van der Waals surface area contributed by atoms with E-state index in [1.165, 1.54) is 50.3 Å². The lowest BCUT2D eigenvalue weighted by Crippen LogP contribution is -2.44. The van der Waals surface area contributed by atoms with Crippen LogP contribution in [0.2, 0.25) is 0 Å². The largest absolute Gasteiger partial charge is 0.496 e. The second-order valence-corrected chi connectivity index (χ2v) is 7.60. The third-order valence-electron chi connectivity index (χ3n) is 5.22. The molecule has 2 rings (SSSR count). The van der Waals surface area contributed by atoms with Gasteiger partial charge < -0.3 is 25.2 Å². The first-order valence-electron chi connectivity index (χ1n) is 10.7. The highest BCUT2D eigenvalue weighted by Gasteiger charge is 2.12. The fraction of sp³-hybridized carbons (Fsp3) is 0.682. The second kappa shape index (κ2) is 12.6. The smallest absolute Gasteiger partial charge is 0.191 e. The monoisotopic (exact) mass is 389 g/mol. The Morgan fingerprint density at radius 2 is 1.93 bits per heavy atom. The summed E-state index contributed by atoms with van der Waals surface area (Å²) in [4.78, 5) is 9.71. The Bertz CT molecular complexity index is 597. The molecule has 158 valence electrons. The molecular weight excluding hydrogens is 350 g/mol. The average molecular weight is 390 g/mol. The van der Waals surface area contributed by atoms with Gasteiger partial charge in [0.05, 0.1) is 7.11 Å². The van der Waals surface area contributed by atoms with Crippen LogP contribution in [-0.2, 0) is 6.42 Å². The first kappa shape index (κ1) is 22.5. The minimum absolute atomic E-state index is 0.840. The van der Waals surface area contributed by atoms with Crippen LogP contribution in [0.3, 0.4) is 0 Å². The summed E-state index contributed by atoms with van der Waals surface area (Å²) < 4.78 is 5.47. The van der Waals surface area contributed by atoms with Gasteiger partial charge in [-0.3, -0.25) is 4.99 Å². The highest BCUT2D eigenvalue weighted by molar-refractivity contribution is 5.79. The van der Waals surface area contributed by atoms with E-state index in [4.69, 9.17) is 9.73 Å². The number of nitrogens with zero attached hydrogens (tertiary/aromatic N) is 3. The van der Waals surface area contributed by atoms with Crippen LogP contribution in [0.15, 0.2) is 23.2 Å². The number of piperazine rings is 1. The highest BCUT2D eigenvalue weighted by Crippen LogP contribution is 2.19. The number of hydrogen-bond donors (Lipinski definition) is 2. The molecule has 0 saturated carbocycles. The molecule has 1 aliphatic heterocycles. The van der Waals surface area contributed by atoms with Gasteiger partial charge in [-0.15, -0.1) is 0 Å². The molecule has 1 aromatic rings. The number of aliphatic imine (C=N–C) groups is 1. The first-order valence-corrected chi connectivity index (χ1v) is 10.7. The van der Waals surface area contributed by atoms with Crippen molar-refractivity contribution in [3.05, 3.63) is 29.3 Å². The Morgan fingerprint density at radius 1 is 1.14 bits per heavy atom. The lowest BCUT2D eigenvalue weighted by molar-refractivity contribution is 0.152. The summed E-state index contributed by atoms with van der Waals surface area (Å²) in [5.41, 5.74) is 2.50. The van der Waals surface area contributed by atoms with Gasteiger partial charge in [0.15, 0.2) is 5.96 Å². The van der Waals surface area contributed by atoms with E-state index in [0.717, 1.165) is 44.2 Å². The molecule has 0 amide bonds. The number of guanidine groups is 1. The number of unbranched alkanes of at least 4 members (excludes halogenated alkanes) is 1. The van der Waals surface area contributed by atoms with E-state index < -0.39 is 0 Å². The molecular formula is C22H39N5O. The van der Waals surface area contributed by atoms with Crippen molar-refractivity contribution in [2.24, 2.45) is 4.99 Å². The van der Waals surface area contributed by atoms with Crippen molar-refractivity contribution in [2.75, 3.05) is 66.5 Å². The Hall–Kier alpha value is -1.79. The molecule has 0 spiro atoms. The lowest BCUT2D eigenvalue weighted by atomic mass is 10.1. The number of ether oxygens (including phenoxy) is 1. The zero-order valence-corrected chi connectivity index (χ0v) is 18.3. The van der Waals surface area contributed by atoms with Gasteiger partial charge in [-0.25, -0.2) is 0 Å². The summed E-state index contributed by atoms with van der Waals surface area (Å²) in [6.07, 6.45) is 3.26. The Labute approximate surface area is 171 Å². The van der Waals surface area contributed by atoms with Gasteiger partial charge in [0.2, 0.25) is 0 Å². The van der Waals surface area contributed by atoms with E-state index in [2.05, 4.69) is 53.5 Å².